The first-order valence-corrected chi connectivity index (χ1v) is 4.38. The Morgan fingerprint density at radius 2 is 2.62 bits per heavy atom. The normalized spacial score (nSPS) is 9.75. The molecule has 3 heteroatoms. The zero-order chi connectivity index (χ0) is 5.98. The topological polar surface area (TPSA) is 12.9 Å². The molecular formula is C5H6INS. The Morgan fingerprint density at radius 1 is 1.88 bits per heavy atom. The Labute approximate surface area is 66.3 Å². The van der Waals surface area contributed by atoms with Crippen LogP contribution in [0.4, 0.5) is 0 Å². The van der Waals surface area contributed by atoms with E-state index in [1.807, 2.05) is 0 Å². The van der Waals surface area contributed by atoms with E-state index in [-0.39, 0.29) is 0 Å². The molecule has 1 nitrogen and oxygen atoms in total. The van der Waals surface area contributed by atoms with Crippen LogP contribution in [0.2, 0.25) is 0 Å². The predicted octanol–water partition coefficient (Wildman–Crippen LogP) is 2.31. The van der Waals surface area contributed by atoms with E-state index < -0.39 is 0 Å². The Morgan fingerprint density at radius 3 is 2.88 bits per heavy atom. The second kappa shape index (κ2) is 2.77. The van der Waals surface area contributed by atoms with Crippen molar-refractivity contribution >= 4 is 33.9 Å². The molecule has 1 aromatic heterocycles. The van der Waals surface area contributed by atoms with Gasteiger partial charge in [0.1, 0.15) is 0 Å². The van der Waals surface area contributed by atoms with E-state index in [9.17, 15) is 0 Å². The molecule has 0 atom stereocenters. The summed E-state index contributed by atoms with van der Waals surface area (Å²) < 4.78 is 1.14. The summed E-state index contributed by atoms with van der Waals surface area (Å²) in [6, 6.07) is 0. The van der Waals surface area contributed by atoms with Crippen molar-refractivity contribution < 1.29 is 0 Å². The van der Waals surface area contributed by atoms with Gasteiger partial charge < -0.3 is 0 Å². The van der Waals surface area contributed by atoms with Gasteiger partial charge in [-0.25, -0.2) is 4.98 Å². The van der Waals surface area contributed by atoms with Gasteiger partial charge in [-0.15, -0.1) is 11.3 Å². The van der Waals surface area contributed by atoms with Crippen LogP contribution in [0.25, 0.3) is 0 Å². The number of thiazole rings is 1. The van der Waals surface area contributed by atoms with Gasteiger partial charge in [0.25, 0.3) is 0 Å². The minimum absolute atomic E-state index is 1.06. The van der Waals surface area contributed by atoms with Crippen molar-refractivity contribution in [3.8, 4) is 0 Å². The highest BCUT2D eigenvalue weighted by atomic mass is 127. The molecule has 0 saturated carbocycles. The summed E-state index contributed by atoms with van der Waals surface area (Å²) in [5.41, 5.74) is 1.21. The van der Waals surface area contributed by atoms with E-state index in [0.717, 1.165) is 9.44 Å². The van der Waals surface area contributed by atoms with Gasteiger partial charge in [-0.3, -0.25) is 0 Å². The molecule has 0 amide bonds. The van der Waals surface area contributed by atoms with Crippen molar-refractivity contribution in [3.05, 3.63) is 14.1 Å². The summed E-state index contributed by atoms with van der Waals surface area (Å²) in [5, 5.41) is 2.10. The third kappa shape index (κ3) is 1.42. The summed E-state index contributed by atoms with van der Waals surface area (Å²) in [5.74, 6) is 0. The maximum atomic E-state index is 4.23. The second-order valence-electron chi connectivity index (χ2n) is 1.45. The van der Waals surface area contributed by atoms with Gasteiger partial charge in [-0.1, -0.05) is 6.92 Å². The van der Waals surface area contributed by atoms with Crippen molar-refractivity contribution in [2.45, 2.75) is 13.3 Å². The van der Waals surface area contributed by atoms with Crippen LogP contribution in [0.1, 0.15) is 12.6 Å². The molecule has 0 bridgehead atoms. The summed E-state index contributed by atoms with van der Waals surface area (Å²) in [7, 11) is 0. The van der Waals surface area contributed by atoms with E-state index >= 15 is 0 Å². The lowest BCUT2D eigenvalue weighted by Crippen LogP contribution is -1.76. The number of aryl methyl sites for hydroxylation is 1. The third-order valence-electron chi connectivity index (χ3n) is 0.886. The monoisotopic (exact) mass is 239 g/mol. The van der Waals surface area contributed by atoms with Gasteiger partial charge >= 0.3 is 0 Å². The van der Waals surface area contributed by atoms with Crippen LogP contribution in [-0.4, -0.2) is 4.98 Å². The van der Waals surface area contributed by atoms with Crippen molar-refractivity contribution in [1.29, 1.82) is 0 Å². The molecule has 44 valence electrons. The molecule has 0 N–H and O–H groups in total. The van der Waals surface area contributed by atoms with Crippen LogP contribution in [0.15, 0.2) is 5.38 Å². The molecule has 1 rings (SSSR count). The molecular weight excluding hydrogens is 233 g/mol. The zero-order valence-corrected chi connectivity index (χ0v) is 7.49. The minimum Gasteiger partial charge on any atom is -0.235 e. The Bertz CT molecular complexity index is 173. The van der Waals surface area contributed by atoms with Crippen LogP contribution in [0.5, 0.6) is 0 Å². The van der Waals surface area contributed by atoms with E-state index in [2.05, 4.69) is 39.9 Å². The smallest absolute Gasteiger partial charge is 0.154 e. The first kappa shape index (κ1) is 6.48. The molecule has 0 aliphatic heterocycles. The average Bonchev–Trinajstić information content (AvgIpc) is 2.14. The van der Waals surface area contributed by atoms with E-state index in [4.69, 9.17) is 0 Å². The fourth-order valence-electron chi connectivity index (χ4n) is 0.445. The maximum Gasteiger partial charge on any atom is 0.154 e. The lowest BCUT2D eigenvalue weighted by molar-refractivity contribution is 1.05. The lowest BCUT2D eigenvalue weighted by atomic mass is 10.4. The van der Waals surface area contributed by atoms with Crippen LogP contribution in [-0.2, 0) is 6.42 Å². The van der Waals surface area contributed by atoms with Crippen molar-refractivity contribution in [2.75, 3.05) is 0 Å². The van der Waals surface area contributed by atoms with Gasteiger partial charge in [0, 0.05) is 5.38 Å². The van der Waals surface area contributed by atoms with Gasteiger partial charge in [-0.05, 0) is 29.0 Å². The van der Waals surface area contributed by atoms with Crippen molar-refractivity contribution in [2.24, 2.45) is 0 Å². The van der Waals surface area contributed by atoms with Crippen molar-refractivity contribution in [1.82, 2.24) is 4.98 Å². The highest BCUT2D eigenvalue weighted by Gasteiger charge is 1.92. The number of aromatic nitrogens is 1. The first-order valence-electron chi connectivity index (χ1n) is 2.43. The number of rotatable bonds is 1. The zero-order valence-electron chi connectivity index (χ0n) is 4.52. The van der Waals surface area contributed by atoms with Gasteiger partial charge in [-0.2, -0.15) is 0 Å². The Balaban J connectivity index is 2.84. The van der Waals surface area contributed by atoms with Crippen molar-refractivity contribution in [3.63, 3.8) is 0 Å². The largest absolute Gasteiger partial charge is 0.235 e. The Kier molecular flexibility index (Phi) is 2.25. The van der Waals surface area contributed by atoms with Crippen LogP contribution in [0, 0.1) is 3.01 Å². The number of hydrogen-bond acceptors (Lipinski definition) is 2. The van der Waals surface area contributed by atoms with Crippen LogP contribution in [0.3, 0.4) is 0 Å². The minimum atomic E-state index is 1.06. The quantitative estimate of drug-likeness (QED) is 0.685. The lowest BCUT2D eigenvalue weighted by Gasteiger charge is -1.78. The van der Waals surface area contributed by atoms with Crippen LogP contribution >= 0.6 is 33.9 Å². The highest BCUT2D eigenvalue weighted by molar-refractivity contribution is 14.1. The molecule has 0 aliphatic rings. The fraction of sp³-hybridized carbons (Fsp3) is 0.400. The SMILES string of the molecule is CCc1csc(I)n1. The second-order valence-corrected chi connectivity index (χ2v) is 4.06. The molecule has 1 heterocycles. The summed E-state index contributed by atoms with van der Waals surface area (Å²) in [6.07, 6.45) is 1.06. The Hall–Kier alpha value is 0.360. The standard InChI is InChI=1S/C5H6INS/c1-2-4-3-8-5(6)7-4/h3H,2H2,1H3. The summed E-state index contributed by atoms with van der Waals surface area (Å²) in [4.78, 5) is 4.23. The third-order valence-corrected chi connectivity index (χ3v) is 2.57. The van der Waals surface area contributed by atoms with E-state index in [1.54, 1.807) is 11.3 Å². The van der Waals surface area contributed by atoms with Gasteiger partial charge in [0.15, 0.2) is 3.01 Å². The van der Waals surface area contributed by atoms with Crippen LogP contribution < -0.4 is 0 Å². The highest BCUT2D eigenvalue weighted by Crippen LogP contribution is 2.11. The fourth-order valence-corrected chi connectivity index (χ4v) is 1.76. The molecule has 0 fully saturated rings. The molecule has 0 spiro atoms. The molecule has 0 saturated heterocycles. The average molecular weight is 239 g/mol. The summed E-state index contributed by atoms with van der Waals surface area (Å²) >= 11 is 3.94. The molecule has 0 aromatic carbocycles. The predicted molar refractivity (Wildman–Crippen MR) is 44.2 cm³/mol. The molecule has 8 heavy (non-hydrogen) atoms. The van der Waals surface area contributed by atoms with E-state index in [1.165, 1.54) is 5.69 Å². The number of hydrogen-bond donors (Lipinski definition) is 0. The van der Waals surface area contributed by atoms with Gasteiger partial charge in [0.2, 0.25) is 0 Å². The molecule has 0 aliphatic carbocycles. The van der Waals surface area contributed by atoms with E-state index in [0.29, 0.717) is 0 Å². The molecule has 0 unspecified atom stereocenters. The van der Waals surface area contributed by atoms with Gasteiger partial charge in [0.05, 0.1) is 5.69 Å². The maximum absolute atomic E-state index is 4.23. The molecule has 1 aromatic rings. The number of nitrogens with zero attached hydrogens (tertiary/aromatic N) is 1. The molecule has 0 radical (unpaired) electrons. The first-order chi connectivity index (χ1) is 3.83. The summed E-state index contributed by atoms with van der Waals surface area (Å²) in [6.45, 7) is 2.12. The number of halogens is 1.